The van der Waals surface area contributed by atoms with Gasteiger partial charge in [-0.05, 0) is 25.8 Å². The molecule has 0 spiro atoms. The van der Waals surface area contributed by atoms with Crippen LogP contribution in [0.1, 0.15) is 40.0 Å². The molecule has 0 bridgehead atoms. The second-order valence-electron chi connectivity index (χ2n) is 2.42. The SMILES string of the molecule is CC.CCOC1=CC(=N)CCC1. The van der Waals surface area contributed by atoms with Crippen LogP contribution in [0.5, 0.6) is 0 Å². The molecule has 0 atom stereocenters. The Morgan fingerprint density at radius 2 is 2.08 bits per heavy atom. The zero-order valence-electron chi connectivity index (χ0n) is 8.31. The third kappa shape index (κ3) is 4.16. The van der Waals surface area contributed by atoms with E-state index in [2.05, 4.69) is 0 Å². The van der Waals surface area contributed by atoms with Gasteiger partial charge in [-0.1, -0.05) is 13.8 Å². The Bertz CT molecular complexity index is 161. The average Bonchev–Trinajstić information content (AvgIpc) is 2.09. The van der Waals surface area contributed by atoms with Crippen molar-refractivity contribution in [3.05, 3.63) is 11.8 Å². The van der Waals surface area contributed by atoms with E-state index in [1.807, 2.05) is 26.8 Å². The van der Waals surface area contributed by atoms with Crippen LogP contribution in [0.4, 0.5) is 0 Å². The topological polar surface area (TPSA) is 33.1 Å². The van der Waals surface area contributed by atoms with Gasteiger partial charge in [0.15, 0.2) is 0 Å². The highest BCUT2D eigenvalue weighted by molar-refractivity contribution is 5.93. The Morgan fingerprint density at radius 3 is 2.58 bits per heavy atom. The number of ether oxygens (including phenoxy) is 1. The Kier molecular flexibility index (Phi) is 6.44. The van der Waals surface area contributed by atoms with Gasteiger partial charge >= 0.3 is 0 Å². The van der Waals surface area contributed by atoms with Gasteiger partial charge in [-0.2, -0.15) is 0 Å². The molecule has 0 saturated heterocycles. The molecule has 12 heavy (non-hydrogen) atoms. The molecule has 0 aromatic heterocycles. The lowest BCUT2D eigenvalue weighted by atomic mass is 10.0. The minimum atomic E-state index is 0.703. The number of hydrogen-bond donors (Lipinski definition) is 1. The normalized spacial score (nSPS) is 15.9. The van der Waals surface area contributed by atoms with Gasteiger partial charge in [-0.25, -0.2) is 0 Å². The van der Waals surface area contributed by atoms with Crippen molar-refractivity contribution in [1.82, 2.24) is 0 Å². The van der Waals surface area contributed by atoms with E-state index in [9.17, 15) is 0 Å². The fourth-order valence-corrected chi connectivity index (χ4v) is 1.09. The van der Waals surface area contributed by atoms with Crippen molar-refractivity contribution in [3.63, 3.8) is 0 Å². The number of rotatable bonds is 2. The highest BCUT2D eigenvalue weighted by Gasteiger charge is 2.06. The summed E-state index contributed by atoms with van der Waals surface area (Å²) >= 11 is 0. The second kappa shape index (κ2) is 6.89. The van der Waals surface area contributed by atoms with E-state index in [-0.39, 0.29) is 0 Å². The molecule has 1 aliphatic carbocycles. The average molecular weight is 169 g/mol. The molecule has 0 radical (unpaired) electrons. The molecule has 1 N–H and O–H groups in total. The van der Waals surface area contributed by atoms with E-state index in [4.69, 9.17) is 10.1 Å². The summed E-state index contributed by atoms with van der Waals surface area (Å²) in [6.07, 6.45) is 4.84. The predicted molar refractivity (Wildman–Crippen MR) is 52.6 cm³/mol. The Hall–Kier alpha value is -0.790. The molecule has 0 heterocycles. The predicted octanol–water partition coefficient (Wildman–Crippen LogP) is 3.14. The summed E-state index contributed by atoms with van der Waals surface area (Å²) in [4.78, 5) is 0. The summed E-state index contributed by atoms with van der Waals surface area (Å²) in [7, 11) is 0. The molecule has 0 aromatic carbocycles. The molecule has 1 aliphatic rings. The van der Waals surface area contributed by atoms with Gasteiger partial charge in [0.05, 0.1) is 12.4 Å². The summed E-state index contributed by atoms with van der Waals surface area (Å²) in [5.74, 6) is 0.985. The van der Waals surface area contributed by atoms with Crippen LogP contribution in [-0.4, -0.2) is 12.3 Å². The maximum absolute atomic E-state index is 7.34. The van der Waals surface area contributed by atoms with Crippen LogP contribution < -0.4 is 0 Å². The van der Waals surface area contributed by atoms with E-state index in [1.54, 1.807) is 0 Å². The molecule has 0 saturated carbocycles. The first-order chi connectivity index (χ1) is 5.83. The molecule has 2 heteroatoms. The molecule has 0 aromatic rings. The summed E-state index contributed by atoms with van der Waals surface area (Å²) < 4.78 is 5.27. The van der Waals surface area contributed by atoms with Crippen molar-refractivity contribution < 1.29 is 4.74 Å². The van der Waals surface area contributed by atoms with Crippen LogP contribution >= 0.6 is 0 Å². The van der Waals surface area contributed by atoms with Gasteiger partial charge in [-0.15, -0.1) is 0 Å². The maximum atomic E-state index is 7.34. The molecule has 0 unspecified atom stereocenters. The number of nitrogens with one attached hydrogen (secondary N) is 1. The highest BCUT2D eigenvalue weighted by atomic mass is 16.5. The quantitative estimate of drug-likeness (QED) is 0.676. The van der Waals surface area contributed by atoms with Crippen LogP contribution in [0.3, 0.4) is 0 Å². The lowest BCUT2D eigenvalue weighted by molar-refractivity contribution is 0.216. The lowest BCUT2D eigenvalue weighted by Crippen LogP contribution is -2.04. The van der Waals surface area contributed by atoms with Crippen molar-refractivity contribution in [2.75, 3.05) is 6.61 Å². The minimum absolute atomic E-state index is 0.703. The smallest absolute Gasteiger partial charge is 0.0977 e. The molecule has 0 amide bonds. The fourth-order valence-electron chi connectivity index (χ4n) is 1.09. The van der Waals surface area contributed by atoms with Crippen molar-refractivity contribution in [3.8, 4) is 0 Å². The summed E-state index contributed by atoms with van der Waals surface area (Å²) in [5.41, 5.74) is 0.703. The lowest BCUT2D eigenvalue weighted by Gasteiger charge is -2.12. The van der Waals surface area contributed by atoms with Crippen molar-refractivity contribution in [2.24, 2.45) is 0 Å². The third-order valence-electron chi connectivity index (χ3n) is 1.53. The molecule has 0 fully saturated rings. The van der Waals surface area contributed by atoms with Crippen molar-refractivity contribution in [2.45, 2.75) is 40.0 Å². The molecular formula is C10H19NO. The van der Waals surface area contributed by atoms with Crippen LogP contribution in [0.2, 0.25) is 0 Å². The molecular weight excluding hydrogens is 150 g/mol. The van der Waals surface area contributed by atoms with Crippen LogP contribution in [0.25, 0.3) is 0 Å². The van der Waals surface area contributed by atoms with E-state index in [0.717, 1.165) is 31.6 Å². The van der Waals surface area contributed by atoms with Crippen LogP contribution in [0, 0.1) is 5.41 Å². The van der Waals surface area contributed by atoms with Crippen molar-refractivity contribution in [1.29, 1.82) is 5.41 Å². The monoisotopic (exact) mass is 169 g/mol. The first kappa shape index (κ1) is 11.2. The summed E-state index contributed by atoms with van der Waals surface area (Å²) in [6.45, 7) is 6.69. The van der Waals surface area contributed by atoms with E-state index in [1.165, 1.54) is 0 Å². The van der Waals surface area contributed by atoms with Gasteiger partial charge in [0.25, 0.3) is 0 Å². The second-order valence-corrected chi connectivity index (χ2v) is 2.42. The highest BCUT2D eigenvalue weighted by Crippen LogP contribution is 2.15. The molecule has 2 nitrogen and oxygen atoms in total. The van der Waals surface area contributed by atoms with Gasteiger partial charge in [0.1, 0.15) is 0 Å². The first-order valence-electron chi connectivity index (χ1n) is 4.73. The van der Waals surface area contributed by atoms with E-state index >= 15 is 0 Å². The van der Waals surface area contributed by atoms with Gasteiger partial charge in [-0.3, -0.25) is 0 Å². The van der Waals surface area contributed by atoms with Crippen molar-refractivity contribution >= 4 is 5.71 Å². The van der Waals surface area contributed by atoms with Gasteiger partial charge in [0, 0.05) is 12.1 Å². The standard InChI is InChI=1S/C8H13NO.C2H6/c1-2-10-8-5-3-4-7(9)6-8;1-2/h6,9H,2-5H2,1H3;1-2H3. The van der Waals surface area contributed by atoms with Crippen LogP contribution in [-0.2, 0) is 4.74 Å². The largest absolute Gasteiger partial charge is 0.498 e. The summed E-state index contributed by atoms with van der Waals surface area (Å²) in [5, 5.41) is 7.34. The molecule has 0 aliphatic heterocycles. The van der Waals surface area contributed by atoms with Gasteiger partial charge in [0.2, 0.25) is 0 Å². The van der Waals surface area contributed by atoms with E-state index in [0.29, 0.717) is 5.71 Å². The molecule has 70 valence electrons. The third-order valence-corrected chi connectivity index (χ3v) is 1.53. The Labute approximate surface area is 75.1 Å². The zero-order valence-corrected chi connectivity index (χ0v) is 8.31. The van der Waals surface area contributed by atoms with Crippen LogP contribution in [0.15, 0.2) is 11.8 Å². The first-order valence-corrected chi connectivity index (χ1v) is 4.73. The van der Waals surface area contributed by atoms with Gasteiger partial charge < -0.3 is 10.1 Å². The number of hydrogen-bond acceptors (Lipinski definition) is 2. The number of allylic oxidation sites excluding steroid dienone is 2. The summed E-state index contributed by atoms with van der Waals surface area (Å²) in [6, 6.07) is 0. The Morgan fingerprint density at radius 1 is 1.42 bits per heavy atom. The minimum Gasteiger partial charge on any atom is -0.498 e. The Balaban J connectivity index is 0.000000561. The maximum Gasteiger partial charge on any atom is 0.0977 e. The fraction of sp³-hybridized carbons (Fsp3) is 0.700. The molecule has 1 rings (SSSR count). The van der Waals surface area contributed by atoms with E-state index < -0.39 is 0 Å². The zero-order chi connectivity index (χ0) is 9.40.